The molecule has 0 aromatic heterocycles. The van der Waals surface area contributed by atoms with Crippen molar-refractivity contribution in [1.82, 2.24) is 5.32 Å². The lowest BCUT2D eigenvalue weighted by molar-refractivity contribution is 0.0921. The molecule has 1 aromatic rings. The highest BCUT2D eigenvalue weighted by Gasteiger charge is 2.13. The number of nitrogens with one attached hydrogen (secondary N) is 1. The molecule has 0 fully saturated rings. The minimum Gasteiger partial charge on any atom is -0.504 e. The number of amides is 1. The van der Waals surface area contributed by atoms with E-state index in [1.165, 1.54) is 13.2 Å². The number of aromatic hydroxyl groups is 1. The number of phenolic OH excluding ortho intramolecular Hbond substituents is 1. The standard InChI is InChI=1S/C12H16BrNO4/c1-17-10-4-2-3-9(11(10)15)12(16)14-6-8-18-7-5-13/h2-4,15H,5-8H2,1H3,(H,14,16). The van der Waals surface area contributed by atoms with Crippen LogP contribution in [0.3, 0.4) is 0 Å². The molecular weight excluding hydrogens is 302 g/mol. The Kier molecular flexibility index (Phi) is 6.53. The topological polar surface area (TPSA) is 67.8 Å². The van der Waals surface area contributed by atoms with Crippen LogP contribution in [-0.4, -0.2) is 43.2 Å². The molecule has 0 atom stereocenters. The summed E-state index contributed by atoms with van der Waals surface area (Å²) in [5.74, 6) is -0.231. The molecule has 1 rings (SSSR count). The molecule has 5 nitrogen and oxygen atoms in total. The van der Waals surface area contributed by atoms with E-state index in [9.17, 15) is 9.90 Å². The van der Waals surface area contributed by atoms with E-state index in [2.05, 4.69) is 21.2 Å². The van der Waals surface area contributed by atoms with Crippen molar-refractivity contribution in [2.24, 2.45) is 0 Å². The molecule has 0 aliphatic rings. The van der Waals surface area contributed by atoms with Gasteiger partial charge in [-0.25, -0.2) is 0 Å². The Hall–Kier alpha value is -1.27. The van der Waals surface area contributed by atoms with Crippen molar-refractivity contribution >= 4 is 21.8 Å². The first-order valence-corrected chi connectivity index (χ1v) is 6.60. The lowest BCUT2D eigenvalue weighted by Gasteiger charge is -2.09. The molecule has 1 aromatic carbocycles. The quantitative estimate of drug-likeness (QED) is 0.591. The lowest BCUT2D eigenvalue weighted by Crippen LogP contribution is -2.27. The van der Waals surface area contributed by atoms with Gasteiger partial charge in [-0.05, 0) is 12.1 Å². The summed E-state index contributed by atoms with van der Waals surface area (Å²) >= 11 is 3.23. The van der Waals surface area contributed by atoms with Gasteiger partial charge in [0.15, 0.2) is 11.5 Å². The van der Waals surface area contributed by atoms with Crippen molar-refractivity contribution < 1.29 is 19.4 Å². The van der Waals surface area contributed by atoms with E-state index in [1.807, 2.05) is 0 Å². The summed E-state index contributed by atoms with van der Waals surface area (Å²) in [6, 6.07) is 4.77. The van der Waals surface area contributed by atoms with E-state index in [0.717, 1.165) is 5.33 Å². The number of hydrogen-bond acceptors (Lipinski definition) is 4. The smallest absolute Gasteiger partial charge is 0.255 e. The van der Waals surface area contributed by atoms with Crippen molar-refractivity contribution in [2.75, 3.05) is 32.2 Å². The minimum atomic E-state index is -0.353. The fraction of sp³-hybridized carbons (Fsp3) is 0.417. The molecule has 0 spiro atoms. The molecule has 0 unspecified atom stereocenters. The van der Waals surface area contributed by atoms with E-state index < -0.39 is 0 Å². The number of phenols is 1. The number of carbonyl (C=O) groups is 1. The second kappa shape index (κ2) is 7.94. The number of rotatable bonds is 7. The number of carbonyl (C=O) groups excluding carboxylic acids is 1. The van der Waals surface area contributed by atoms with Crippen LogP contribution in [0.1, 0.15) is 10.4 Å². The first kappa shape index (κ1) is 14.8. The molecule has 0 saturated heterocycles. The molecule has 0 saturated carbocycles. The number of ether oxygens (including phenoxy) is 2. The number of alkyl halides is 1. The van der Waals surface area contributed by atoms with Gasteiger partial charge in [-0.2, -0.15) is 0 Å². The maximum absolute atomic E-state index is 11.8. The van der Waals surface area contributed by atoms with Crippen molar-refractivity contribution in [3.8, 4) is 11.5 Å². The Morgan fingerprint density at radius 3 is 2.89 bits per heavy atom. The van der Waals surface area contributed by atoms with Gasteiger partial charge >= 0.3 is 0 Å². The molecule has 1 amide bonds. The van der Waals surface area contributed by atoms with Crippen LogP contribution in [0, 0.1) is 0 Å². The van der Waals surface area contributed by atoms with E-state index in [-0.39, 0.29) is 23.0 Å². The SMILES string of the molecule is COc1cccc(C(=O)NCCOCCBr)c1O. The minimum absolute atomic E-state index is 0.154. The maximum Gasteiger partial charge on any atom is 0.255 e. The fourth-order valence-electron chi connectivity index (χ4n) is 1.36. The van der Waals surface area contributed by atoms with Crippen molar-refractivity contribution in [1.29, 1.82) is 0 Å². The Bertz CT molecular complexity index is 398. The van der Waals surface area contributed by atoms with E-state index in [4.69, 9.17) is 9.47 Å². The van der Waals surface area contributed by atoms with Crippen LogP contribution >= 0.6 is 15.9 Å². The average molecular weight is 318 g/mol. The predicted octanol–water partition coefficient (Wildman–Crippen LogP) is 1.54. The molecule has 6 heteroatoms. The van der Waals surface area contributed by atoms with E-state index >= 15 is 0 Å². The largest absolute Gasteiger partial charge is 0.504 e. The van der Waals surface area contributed by atoms with Gasteiger partial charge < -0.3 is 19.9 Å². The normalized spacial score (nSPS) is 10.1. The highest BCUT2D eigenvalue weighted by molar-refractivity contribution is 9.09. The van der Waals surface area contributed by atoms with Crippen molar-refractivity contribution in [3.05, 3.63) is 23.8 Å². The third-order valence-corrected chi connectivity index (χ3v) is 2.54. The summed E-state index contributed by atoms with van der Waals surface area (Å²) in [4.78, 5) is 11.8. The number of hydrogen-bond donors (Lipinski definition) is 2. The Morgan fingerprint density at radius 1 is 1.44 bits per heavy atom. The molecule has 0 heterocycles. The third-order valence-electron chi connectivity index (χ3n) is 2.22. The zero-order valence-electron chi connectivity index (χ0n) is 10.1. The van der Waals surface area contributed by atoms with Crippen LogP contribution in [0.5, 0.6) is 11.5 Å². The van der Waals surface area contributed by atoms with Gasteiger partial charge in [-0.3, -0.25) is 4.79 Å². The number of benzene rings is 1. The molecule has 100 valence electrons. The maximum atomic E-state index is 11.8. The summed E-state index contributed by atoms with van der Waals surface area (Å²) in [7, 11) is 1.44. The third kappa shape index (κ3) is 4.19. The van der Waals surface area contributed by atoms with Gasteiger partial charge in [0.25, 0.3) is 5.91 Å². The molecule has 0 aliphatic heterocycles. The predicted molar refractivity (Wildman–Crippen MR) is 71.6 cm³/mol. The zero-order valence-corrected chi connectivity index (χ0v) is 11.7. The molecule has 0 bridgehead atoms. The summed E-state index contributed by atoms with van der Waals surface area (Å²) in [5, 5.41) is 13.2. The highest BCUT2D eigenvalue weighted by Crippen LogP contribution is 2.28. The van der Waals surface area contributed by atoms with Crippen LogP contribution in [0.15, 0.2) is 18.2 Å². The molecule has 18 heavy (non-hydrogen) atoms. The van der Waals surface area contributed by atoms with Crippen LogP contribution < -0.4 is 10.1 Å². The highest BCUT2D eigenvalue weighted by atomic mass is 79.9. The monoisotopic (exact) mass is 317 g/mol. The summed E-state index contributed by atoms with van der Waals surface area (Å²) in [6.07, 6.45) is 0. The van der Waals surface area contributed by atoms with Crippen LogP contribution in [0.2, 0.25) is 0 Å². The first-order chi connectivity index (χ1) is 8.70. The Labute approximate surface area is 114 Å². The number of halogens is 1. The van der Waals surface area contributed by atoms with Gasteiger partial charge in [0.2, 0.25) is 0 Å². The fourth-order valence-corrected chi connectivity index (χ4v) is 1.59. The van der Waals surface area contributed by atoms with E-state index in [1.54, 1.807) is 12.1 Å². The van der Waals surface area contributed by atoms with Gasteiger partial charge in [0.05, 0.1) is 25.9 Å². The first-order valence-electron chi connectivity index (χ1n) is 5.48. The zero-order chi connectivity index (χ0) is 13.4. The summed E-state index contributed by atoms with van der Waals surface area (Å²) < 4.78 is 10.1. The number of methoxy groups -OCH3 is 1. The van der Waals surface area contributed by atoms with Crippen molar-refractivity contribution in [3.63, 3.8) is 0 Å². The number of para-hydroxylation sites is 1. The molecular formula is C12H16BrNO4. The van der Waals surface area contributed by atoms with Gasteiger partial charge in [0.1, 0.15) is 0 Å². The Balaban J connectivity index is 2.51. The second-order valence-corrected chi connectivity index (χ2v) is 4.21. The summed E-state index contributed by atoms with van der Waals surface area (Å²) in [5.41, 5.74) is 0.190. The molecule has 0 aliphatic carbocycles. The van der Waals surface area contributed by atoms with Crippen LogP contribution in [0.4, 0.5) is 0 Å². The molecule has 0 radical (unpaired) electrons. The van der Waals surface area contributed by atoms with Crippen LogP contribution in [-0.2, 0) is 4.74 Å². The average Bonchev–Trinajstić information content (AvgIpc) is 2.38. The lowest BCUT2D eigenvalue weighted by atomic mass is 10.1. The van der Waals surface area contributed by atoms with E-state index in [0.29, 0.717) is 19.8 Å². The Morgan fingerprint density at radius 2 is 2.22 bits per heavy atom. The van der Waals surface area contributed by atoms with Crippen molar-refractivity contribution in [2.45, 2.75) is 0 Å². The molecule has 2 N–H and O–H groups in total. The van der Waals surface area contributed by atoms with Crippen LogP contribution in [0.25, 0.3) is 0 Å². The second-order valence-electron chi connectivity index (χ2n) is 3.41. The summed E-state index contributed by atoms with van der Waals surface area (Å²) in [6.45, 7) is 1.42. The van der Waals surface area contributed by atoms with Gasteiger partial charge in [-0.15, -0.1) is 0 Å². The van der Waals surface area contributed by atoms with Gasteiger partial charge in [-0.1, -0.05) is 22.0 Å². The van der Waals surface area contributed by atoms with Gasteiger partial charge in [0, 0.05) is 11.9 Å².